The quantitative estimate of drug-likeness (QED) is 0.779. The molecular formula is C15H15FN4. The highest BCUT2D eigenvalue weighted by molar-refractivity contribution is 5.81. The van der Waals surface area contributed by atoms with Gasteiger partial charge >= 0.3 is 0 Å². The first kappa shape index (κ1) is 12.7. The van der Waals surface area contributed by atoms with Gasteiger partial charge in [-0.05, 0) is 38.1 Å². The summed E-state index contributed by atoms with van der Waals surface area (Å²) in [5.74, 6) is 1.11. The topological polar surface area (TPSA) is 56.7 Å². The molecule has 0 aliphatic heterocycles. The van der Waals surface area contributed by atoms with Crippen molar-refractivity contribution >= 4 is 11.0 Å². The maximum Gasteiger partial charge on any atom is 0.138 e. The Balaban J connectivity index is 2.43. The van der Waals surface area contributed by atoms with Crippen LogP contribution in [-0.4, -0.2) is 14.5 Å². The van der Waals surface area contributed by atoms with Crippen molar-refractivity contribution in [3.8, 4) is 5.82 Å². The van der Waals surface area contributed by atoms with E-state index in [9.17, 15) is 4.39 Å². The molecule has 1 atom stereocenters. The molecule has 5 heteroatoms. The highest BCUT2D eigenvalue weighted by Gasteiger charge is 2.18. The molecule has 0 saturated heterocycles. The van der Waals surface area contributed by atoms with Gasteiger partial charge in [-0.25, -0.2) is 14.4 Å². The van der Waals surface area contributed by atoms with Crippen LogP contribution in [0.2, 0.25) is 0 Å². The zero-order valence-electron chi connectivity index (χ0n) is 11.3. The summed E-state index contributed by atoms with van der Waals surface area (Å²) in [7, 11) is 0. The van der Waals surface area contributed by atoms with Crippen molar-refractivity contribution in [2.75, 3.05) is 0 Å². The summed E-state index contributed by atoms with van der Waals surface area (Å²) >= 11 is 0. The maximum atomic E-state index is 13.9. The molecular weight excluding hydrogens is 255 g/mol. The first-order chi connectivity index (χ1) is 9.59. The van der Waals surface area contributed by atoms with Gasteiger partial charge < -0.3 is 5.73 Å². The lowest BCUT2D eigenvalue weighted by molar-refractivity contribution is 0.620. The summed E-state index contributed by atoms with van der Waals surface area (Å²) in [6.45, 7) is 3.59. The SMILES string of the molecule is Cc1c(F)ccc2nc(C(C)N)n(-c3ccccn3)c12. The zero-order valence-corrected chi connectivity index (χ0v) is 11.3. The highest BCUT2D eigenvalue weighted by Crippen LogP contribution is 2.27. The summed E-state index contributed by atoms with van der Waals surface area (Å²) in [5, 5.41) is 0. The smallest absolute Gasteiger partial charge is 0.138 e. The second kappa shape index (κ2) is 4.68. The third kappa shape index (κ3) is 1.87. The Morgan fingerprint density at radius 3 is 2.70 bits per heavy atom. The third-order valence-electron chi connectivity index (χ3n) is 3.32. The lowest BCUT2D eigenvalue weighted by atomic mass is 10.2. The minimum absolute atomic E-state index is 0.259. The molecule has 0 aliphatic rings. The van der Waals surface area contributed by atoms with E-state index in [2.05, 4.69) is 9.97 Å². The number of rotatable bonds is 2. The monoisotopic (exact) mass is 270 g/mol. The van der Waals surface area contributed by atoms with E-state index in [1.165, 1.54) is 6.07 Å². The van der Waals surface area contributed by atoms with Crippen LogP contribution in [0, 0.1) is 12.7 Å². The van der Waals surface area contributed by atoms with Crippen LogP contribution < -0.4 is 5.73 Å². The van der Waals surface area contributed by atoms with Crippen molar-refractivity contribution in [2.45, 2.75) is 19.9 Å². The van der Waals surface area contributed by atoms with E-state index in [0.717, 1.165) is 11.0 Å². The molecule has 3 aromatic rings. The van der Waals surface area contributed by atoms with Gasteiger partial charge in [-0.1, -0.05) is 6.07 Å². The van der Waals surface area contributed by atoms with Crippen LogP contribution in [0.15, 0.2) is 36.5 Å². The minimum Gasteiger partial charge on any atom is -0.322 e. The number of nitrogens with zero attached hydrogens (tertiary/aromatic N) is 3. The van der Waals surface area contributed by atoms with E-state index < -0.39 is 0 Å². The lowest BCUT2D eigenvalue weighted by Crippen LogP contribution is -2.13. The number of hydrogen-bond donors (Lipinski definition) is 1. The third-order valence-corrected chi connectivity index (χ3v) is 3.32. The molecule has 20 heavy (non-hydrogen) atoms. The molecule has 2 aromatic heterocycles. The number of imidazole rings is 1. The first-order valence-corrected chi connectivity index (χ1v) is 6.44. The molecule has 2 N–H and O–H groups in total. The van der Waals surface area contributed by atoms with Crippen molar-refractivity contribution in [2.24, 2.45) is 5.73 Å². The molecule has 4 nitrogen and oxygen atoms in total. The molecule has 102 valence electrons. The molecule has 2 heterocycles. The predicted octanol–water partition coefficient (Wildman–Crippen LogP) is 2.89. The van der Waals surface area contributed by atoms with Gasteiger partial charge in [0.25, 0.3) is 0 Å². The van der Waals surface area contributed by atoms with Crippen LogP contribution in [-0.2, 0) is 0 Å². The molecule has 1 unspecified atom stereocenters. The van der Waals surface area contributed by atoms with Gasteiger partial charge in [0.1, 0.15) is 17.5 Å². The lowest BCUT2D eigenvalue weighted by Gasteiger charge is -2.11. The minimum atomic E-state index is -0.271. The van der Waals surface area contributed by atoms with Crippen molar-refractivity contribution in [1.29, 1.82) is 0 Å². The molecule has 1 aromatic carbocycles. The van der Waals surface area contributed by atoms with Gasteiger partial charge in [0.05, 0.1) is 17.1 Å². The van der Waals surface area contributed by atoms with Crippen molar-refractivity contribution < 1.29 is 4.39 Å². The van der Waals surface area contributed by atoms with Crippen molar-refractivity contribution in [3.63, 3.8) is 0 Å². The van der Waals surface area contributed by atoms with Crippen molar-refractivity contribution in [1.82, 2.24) is 14.5 Å². The van der Waals surface area contributed by atoms with Crippen LogP contribution in [0.25, 0.3) is 16.9 Å². The molecule has 0 aliphatic carbocycles. The normalized spacial score (nSPS) is 12.8. The molecule has 3 rings (SSSR count). The second-order valence-corrected chi connectivity index (χ2v) is 4.82. The Labute approximate surface area is 116 Å². The fourth-order valence-electron chi connectivity index (χ4n) is 2.35. The second-order valence-electron chi connectivity index (χ2n) is 4.82. The molecule has 0 amide bonds. The van der Waals surface area contributed by atoms with Crippen LogP contribution >= 0.6 is 0 Å². The van der Waals surface area contributed by atoms with Gasteiger partial charge in [0.2, 0.25) is 0 Å². The number of nitrogens with two attached hydrogens (primary N) is 1. The number of hydrogen-bond acceptors (Lipinski definition) is 3. The fraction of sp³-hybridized carbons (Fsp3) is 0.200. The van der Waals surface area contributed by atoms with Crippen molar-refractivity contribution in [3.05, 3.63) is 53.7 Å². The van der Waals surface area contributed by atoms with Crippen LogP contribution in [0.1, 0.15) is 24.4 Å². The number of aryl methyl sites for hydroxylation is 1. The number of aromatic nitrogens is 3. The number of benzene rings is 1. The van der Waals surface area contributed by atoms with Gasteiger partial charge in [-0.2, -0.15) is 0 Å². The summed E-state index contributed by atoms with van der Waals surface area (Å²) < 4.78 is 15.7. The predicted molar refractivity (Wildman–Crippen MR) is 76.2 cm³/mol. The number of halogens is 1. The Morgan fingerprint density at radius 2 is 2.05 bits per heavy atom. The summed E-state index contributed by atoms with van der Waals surface area (Å²) in [4.78, 5) is 8.85. The van der Waals surface area contributed by atoms with Gasteiger partial charge in [-0.3, -0.25) is 4.57 Å². The van der Waals surface area contributed by atoms with E-state index in [1.807, 2.05) is 29.7 Å². The fourth-order valence-corrected chi connectivity index (χ4v) is 2.35. The van der Waals surface area contributed by atoms with E-state index in [-0.39, 0.29) is 11.9 Å². The average molecular weight is 270 g/mol. The summed E-state index contributed by atoms with van der Waals surface area (Å²) in [6, 6.07) is 8.40. The van der Waals surface area contributed by atoms with Crippen LogP contribution in [0.3, 0.4) is 0 Å². The van der Waals surface area contributed by atoms with E-state index in [1.54, 1.807) is 19.2 Å². The zero-order chi connectivity index (χ0) is 14.3. The molecule has 0 fully saturated rings. The molecule has 0 radical (unpaired) electrons. The van der Waals surface area contributed by atoms with Gasteiger partial charge in [0, 0.05) is 11.8 Å². The molecule has 0 spiro atoms. The van der Waals surface area contributed by atoms with Gasteiger partial charge in [-0.15, -0.1) is 0 Å². The number of pyridine rings is 1. The average Bonchev–Trinajstić information content (AvgIpc) is 2.84. The van der Waals surface area contributed by atoms with Gasteiger partial charge in [0.15, 0.2) is 0 Å². The largest absolute Gasteiger partial charge is 0.322 e. The highest BCUT2D eigenvalue weighted by atomic mass is 19.1. The van der Waals surface area contributed by atoms with Crippen LogP contribution in [0.5, 0.6) is 0 Å². The standard InChI is InChI=1S/C15H15FN4/c1-9-11(16)6-7-12-14(9)20(15(19-12)10(2)17)13-5-3-4-8-18-13/h3-8,10H,17H2,1-2H3. The van der Waals surface area contributed by atoms with E-state index >= 15 is 0 Å². The Kier molecular flexibility index (Phi) is 2.99. The molecule has 0 saturated carbocycles. The summed E-state index contributed by atoms with van der Waals surface area (Å²) in [5.41, 5.74) is 7.99. The van der Waals surface area contributed by atoms with E-state index in [4.69, 9.17) is 5.73 Å². The Morgan fingerprint density at radius 1 is 1.25 bits per heavy atom. The van der Waals surface area contributed by atoms with Crippen LogP contribution in [0.4, 0.5) is 4.39 Å². The Hall–Kier alpha value is -2.27. The maximum absolute atomic E-state index is 13.9. The number of fused-ring (bicyclic) bond motifs is 1. The van der Waals surface area contributed by atoms with E-state index in [0.29, 0.717) is 17.2 Å². The summed E-state index contributed by atoms with van der Waals surface area (Å²) in [6.07, 6.45) is 1.70. The Bertz CT molecular complexity index is 762. The first-order valence-electron chi connectivity index (χ1n) is 6.44. The molecule has 0 bridgehead atoms.